The lowest BCUT2D eigenvalue weighted by Gasteiger charge is -2.59. The monoisotopic (exact) mass is 642 g/mol. The lowest BCUT2D eigenvalue weighted by molar-refractivity contribution is -0.174. The van der Waals surface area contributed by atoms with E-state index in [1.807, 2.05) is 13.0 Å². The number of allylic oxidation sites excluding steroid dienone is 4. The minimum atomic E-state index is -3.70. The van der Waals surface area contributed by atoms with Crippen molar-refractivity contribution >= 4 is 44.5 Å². The van der Waals surface area contributed by atoms with E-state index in [0.29, 0.717) is 56.7 Å². The van der Waals surface area contributed by atoms with Crippen molar-refractivity contribution in [1.82, 2.24) is 9.29 Å². The zero-order chi connectivity index (χ0) is 31.1. The van der Waals surface area contributed by atoms with E-state index in [0.717, 1.165) is 30.2 Å². The number of hydrogen-bond donors (Lipinski definition) is 2. The Hall–Kier alpha value is -2.35. The number of carbonyl (C=O) groups excluding carboxylic acids is 2. The molecule has 236 valence electrons. The van der Waals surface area contributed by atoms with Gasteiger partial charge in [-0.25, -0.2) is 13.4 Å². The molecule has 1 aliphatic heterocycles. The van der Waals surface area contributed by atoms with Crippen LogP contribution in [0.4, 0.5) is 0 Å². The maximum Gasteiger partial charge on any atom is 0.257 e. The van der Waals surface area contributed by atoms with Gasteiger partial charge in [-0.3, -0.25) is 9.59 Å². The quantitative estimate of drug-likeness (QED) is 0.449. The zero-order valence-electron chi connectivity index (χ0n) is 24.9. The van der Waals surface area contributed by atoms with Crippen LogP contribution in [0, 0.1) is 28.6 Å². The van der Waals surface area contributed by atoms with Gasteiger partial charge in [-0.2, -0.15) is 4.31 Å². The number of hydrogen-bond acceptors (Lipinski definition) is 10. The summed E-state index contributed by atoms with van der Waals surface area (Å²) in [5, 5.41) is 23.9. The third-order valence-corrected chi connectivity index (χ3v) is 14.1. The number of oxazole rings is 1. The lowest BCUT2D eigenvalue weighted by Crippen LogP contribution is -2.61. The predicted molar refractivity (Wildman–Crippen MR) is 162 cm³/mol. The van der Waals surface area contributed by atoms with Crippen LogP contribution in [-0.4, -0.2) is 83.2 Å². The molecule has 5 aliphatic rings. The number of rotatable bonds is 6. The minimum Gasteiger partial charge on any atom is -0.431 e. The second-order valence-corrected chi connectivity index (χ2v) is 16.3. The van der Waals surface area contributed by atoms with Gasteiger partial charge in [0.1, 0.15) is 11.1 Å². The van der Waals surface area contributed by atoms with Crippen LogP contribution in [0.5, 0.6) is 0 Å². The van der Waals surface area contributed by atoms with E-state index in [-0.39, 0.29) is 45.2 Å². The highest BCUT2D eigenvalue weighted by atomic mass is 32.2. The molecule has 2 aromatic rings. The summed E-state index contributed by atoms with van der Waals surface area (Å²) < 4.78 is 38.7. The van der Waals surface area contributed by atoms with Crippen molar-refractivity contribution in [2.24, 2.45) is 28.6 Å². The number of thioether (sulfide) groups is 1. The molecule has 10 nitrogen and oxygen atoms in total. The van der Waals surface area contributed by atoms with E-state index in [1.165, 1.54) is 16.4 Å². The summed E-state index contributed by atoms with van der Waals surface area (Å²) in [6.45, 7) is 5.34. The Balaban J connectivity index is 1.08. The Kier molecular flexibility index (Phi) is 7.30. The van der Waals surface area contributed by atoms with Crippen molar-refractivity contribution in [3.05, 3.63) is 42.0 Å². The van der Waals surface area contributed by atoms with Crippen molar-refractivity contribution in [3.63, 3.8) is 0 Å². The Bertz CT molecular complexity index is 1690. The van der Waals surface area contributed by atoms with Gasteiger partial charge in [0.15, 0.2) is 17.1 Å². The van der Waals surface area contributed by atoms with E-state index in [1.54, 1.807) is 18.2 Å². The molecular weight excluding hydrogens is 604 g/mol. The average molecular weight is 643 g/mol. The number of benzene rings is 1. The van der Waals surface area contributed by atoms with Gasteiger partial charge in [-0.15, -0.1) is 0 Å². The molecule has 1 aromatic heterocycles. The summed E-state index contributed by atoms with van der Waals surface area (Å²) in [5.41, 5.74) is -0.948. The summed E-state index contributed by atoms with van der Waals surface area (Å²) in [4.78, 5) is 30.5. The number of aromatic nitrogens is 1. The molecule has 0 amide bonds. The highest BCUT2D eigenvalue weighted by Gasteiger charge is 2.68. The summed E-state index contributed by atoms with van der Waals surface area (Å²) >= 11 is 1.08. The molecule has 7 rings (SSSR count). The molecule has 2 N–H and O–H groups in total. The van der Waals surface area contributed by atoms with Crippen LogP contribution in [0.2, 0.25) is 0 Å². The van der Waals surface area contributed by atoms with E-state index in [4.69, 9.17) is 9.15 Å². The van der Waals surface area contributed by atoms with E-state index < -0.39 is 32.6 Å². The van der Waals surface area contributed by atoms with Gasteiger partial charge in [-0.05, 0) is 74.3 Å². The fourth-order valence-corrected chi connectivity index (χ4v) is 11.3. The molecule has 6 unspecified atom stereocenters. The Morgan fingerprint density at radius 2 is 1.98 bits per heavy atom. The largest absolute Gasteiger partial charge is 0.431 e. The standard InChI is InChI=1S/C32H38N2O8S2/c1-30-9-7-20(35)15-19(30)3-5-22-23-8-10-32(38,31(23,2)17-25(36)28(22)30)27(37)18-43-29-33-24-16-21(4-6-26(24)42-29)44(39,40)34-11-13-41-14-12-34/h4,6-7,9,15-16,22-23,25,28,36,38H,3,5,8,10-14,17-18H2,1-2H3/t22?,23?,25?,28?,30?,31?,32-/m0/s1. The first-order valence-electron chi connectivity index (χ1n) is 15.4. The maximum absolute atomic E-state index is 13.8. The normalized spacial score (nSPS) is 37.4. The molecular formula is C32H38N2O8S2. The van der Waals surface area contributed by atoms with Gasteiger partial charge >= 0.3 is 0 Å². The highest BCUT2D eigenvalue weighted by Crippen LogP contribution is 2.67. The molecule has 4 aliphatic carbocycles. The Morgan fingerprint density at radius 3 is 2.75 bits per heavy atom. The second-order valence-electron chi connectivity index (χ2n) is 13.4. The number of fused-ring (bicyclic) bond motifs is 6. The average Bonchev–Trinajstić information content (AvgIpc) is 3.54. The molecule has 2 heterocycles. The van der Waals surface area contributed by atoms with E-state index in [9.17, 15) is 28.2 Å². The summed E-state index contributed by atoms with van der Waals surface area (Å²) in [5.74, 6) is -0.282. The van der Waals surface area contributed by atoms with Crippen molar-refractivity contribution in [3.8, 4) is 0 Å². The number of aliphatic hydroxyl groups excluding tert-OH is 1. The molecule has 7 atom stereocenters. The fraction of sp³-hybridized carbons (Fsp3) is 0.594. The van der Waals surface area contributed by atoms with E-state index >= 15 is 0 Å². The second kappa shape index (κ2) is 10.6. The smallest absolute Gasteiger partial charge is 0.257 e. The molecule has 1 saturated heterocycles. The number of ketones is 2. The number of morpholine rings is 1. The van der Waals surface area contributed by atoms with Gasteiger partial charge in [0.2, 0.25) is 10.0 Å². The number of ether oxygens (including phenoxy) is 1. The van der Waals surface area contributed by atoms with Gasteiger partial charge in [0, 0.05) is 29.8 Å². The van der Waals surface area contributed by atoms with Crippen molar-refractivity contribution in [2.45, 2.75) is 67.8 Å². The molecule has 1 aromatic carbocycles. The summed E-state index contributed by atoms with van der Waals surface area (Å²) in [6, 6.07) is 4.54. The third kappa shape index (κ3) is 4.51. The molecule has 0 bridgehead atoms. The third-order valence-electron chi connectivity index (χ3n) is 11.4. The predicted octanol–water partition coefficient (Wildman–Crippen LogP) is 3.52. The van der Waals surface area contributed by atoms with Crippen molar-refractivity contribution < 1.29 is 37.4 Å². The Labute approximate surface area is 261 Å². The molecule has 12 heteroatoms. The first kappa shape index (κ1) is 30.3. The number of carbonyl (C=O) groups is 2. The van der Waals surface area contributed by atoms with Crippen LogP contribution >= 0.6 is 11.8 Å². The number of nitrogens with zero attached hydrogens (tertiary/aromatic N) is 2. The molecule has 44 heavy (non-hydrogen) atoms. The number of sulfonamides is 1. The first-order chi connectivity index (χ1) is 20.9. The van der Waals surface area contributed by atoms with E-state index in [2.05, 4.69) is 11.9 Å². The van der Waals surface area contributed by atoms with Gasteiger partial charge < -0.3 is 19.4 Å². The summed E-state index contributed by atoms with van der Waals surface area (Å²) in [7, 11) is -3.70. The van der Waals surface area contributed by atoms with Crippen LogP contribution in [0.1, 0.15) is 46.0 Å². The Morgan fingerprint density at radius 1 is 1.20 bits per heavy atom. The maximum atomic E-state index is 13.8. The van der Waals surface area contributed by atoms with Crippen molar-refractivity contribution in [1.29, 1.82) is 0 Å². The van der Waals surface area contributed by atoms with Crippen LogP contribution in [0.25, 0.3) is 11.1 Å². The molecule has 3 saturated carbocycles. The minimum absolute atomic E-state index is 0.0122. The topological polar surface area (TPSA) is 147 Å². The SMILES string of the molecule is CC12C=CC(=O)C=C1CCC1C2C(O)CC2(C)C1CC[C@]2(O)C(=O)CSc1nc2cc(S(=O)(=O)N3CCOCC3)ccc2o1. The fourth-order valence-electron chi connectivity index (χ4n) is 9.08. The van der Waals surface area contributed by atoms with Gasteiger partial charge in [0.05, 0.1) is 30.0 Å². The number of aliphatic hydroxyl groups is 2. The first-order valence-corrected chi connectivity index (χ1v) is 17.8. The highest BCUT2D eigenvalue weighted by molar-refractivity contribution is 7.99. The van der Waals surface area contributed by atoms with Crippen LogP contribution in [-0.2, 0) is 24.3 Å². The zero-order valence-corrected chi connectivity index (χ0v) is 26.5. The van der Waals surface area contributed by atoms with Gasteiger partial charge in [0.25, 0.3) is 5.22 Å². The van der Waals surface area contributed by atoms with Crippen LogP contribution in [0.15, 0.2) is 56.5 Å². The summed E-state index contributed by atoms with van der Waals surface area (Å²) in [6.07, 6.45) is 7.46. The molecule has 4 fully saturated rings. The van der Waals surface area contributed by atoms with Crippen molar-refractivity contribution in [2.75, 3.05) is 32.1 Å². The molecule has 0 spiro atoms. The molecule has 0 radical (unpaired) electrons. The number of Topliss-reactive ketones (excluding diaryl/α,β-unsaturated/α-hetero) is 1. The van der Waals surface area contributed by atoms with Gasteiger partial charge in [-0.1, -0.05) is 37.3 Å². The lowest BCUT2D eigenvalue weighted by atomic mass is 9.46. The van der Waals surface area contributed by atoms with Crippen LogP contribution < -0.4 is 0 Å². The van der Waals surface area contributed by atoms with Crippen LogP contribution in [0.3, 0.4) is 0 Å².